The number of amides is 2. The van der Waals surface area contributed by atoms with Crippen LogP contribution in [0.5, 0.6) is 11.6 Å². The lowest BCUT2D eigenvalue weighted by Gasteiger charge is -2.33. The fourth-order valence-corrected chi connectivity index (χ4v) is 6.66. The highest BCUT2D eigenvalue weighted by molar-refractivity contribution is 5.96. The zero-order chi connectivity index (χ0) is 34.3. The molecular formula is C38H46FN7O3. The lowest BCUT2D eigenvalue weighted by Crippen LogP contribution is -2.49. The van der Waals surface area contributed by atoms with Gasteiger partial charge in [-0.25, -0.2) is 9.37 Å². The number of pyridine rings is 1. The van der Waals surface area contributed by atoms with Gasteiger partial charge >= 0.3 is 0 Å². The molecule has 2 aromatic heterocycles. The molecule has 2 amide bonds. The molecule has 2 aromatic carbocycles. The van der Waals surface area contributed by atoms with E-state index >= 15 is 0 Å². The van der Waals surface area contributed by atoms with E-state index in [1.54, 1.807) is 23.9 Å². The Labute approximate surface area is 287 Å². The molecule has 6 rings (SSSR count). The van der Waals surface area contributed by atoms with Crippen LogP contribution in [0, 0.1) is 12.7 Å². The van der Waals surface area contributed by atoms with Crippen molar-refractivity contribution in [3.05, 3.63) is 95.2 Å². The molecule has 2 fully saturated rings. The third kappa shape index (κ3) is 8.90. The normalized spacial score (nSPS) is 19.7. The minimum absolute atomic E-state index is 0.00695. The smallest absolute Gasteiger partial charge is 0.272 e. The lowest BCUT2D eigenvalue weighted by atomic mass is 9.91. The molecule has 4 aromatic rings. The van der Waals surface area contributed by atoms with E-state index in [1.807, 2.05) is 25.1 Å². The molecule has 3 N–H and O–H groups in total. The van der Waals surface area contributed by atoms with Gasteiger partial charge in [-0.3, -0.25) is 19.2 Å². The monoisotopic (exact) mass is 667 g/mol. The van der Waals surface area contributed by atoms with Gasteiger partial charge in [0.25, 0.3) is 11.8 Å². The molecule has 0 unspecified atom stereocenters. The summed E-state index contributed by atoms with van der Waals surface area (Å²) in [5.41, 5.74) is 4.66. The van der Waals surface area contributed by atoms with Crippen LogP contribution in [0.1, 0.15) is 71.1 Å². The molecule has 2 aliphatic rings. The summed E-state index contributed by atoms with van der Waals surface area (Å²) >= 11 is 0. The average molecular weight is 668 g/mol. The standard InChI is InChI=1S/C38H46FN7O3/c1-25-20-35(44-45(25)3)37(48)43-32-15-13-31(14-16-32)42-36(47)34-22-30(39)24-41-38(34)49-33-8-4-7-29(21-33)28-11-9-27(10-12-28)6-5-18-46-19-17-40-23-26(46)2/h4,7-12,20-22,24,26,31-32,40H,5-6,13-19,23H2,1-3H3,(H,42,47)(H,43,48)/t26-,31-,32+/m1/s1. The number of halogens is 1. The van der Waals surface area contributed by atoms with E-state index in [9.17, 15) is 14.0 Å². The number of carbonyl (C=O) groups excluding carboxylic acids is 2. The van der Waals surface area contributed by atoms with Gasteiger partial charge in [-0.05, 0) is 99.9 Å². The third-order valence-electron chi connectivity index (χ3n) is 9.69. The zero-order valence-corrected chi connectivity index (χ0v) is 28.5. The van der Waals surface area contributed by atoms with Crippen molar-refractivity contribution >= 4 is 11.8 Å². The number of aryl methyl sites for hydroxylation is 3. The molecule has 1 aliphatic carbocycles. The Morgan fingerprint density at radius 2 is 1.71 bits per heavy atom. The Balaban J connectivity index is 1.03. The number of ether oxygens (including phenoxy) is 1. The van der Waals surface area contributed by atoms with Crippen LogP contribution in [0.25, 0.3) is 11.1 Å². The molecule has 1 atom stereocenters. The van der Waals surface area contributed by atoms with Crippen molar-refractivity contribution in [1.29, 1.82) is 0 Å². The number of hydrogen-bond acceptors (Lipinski definition) is 7. The SMILES string of the molecule is Cc1cc(C(=O)N[C@H]2CC[C@@H](NC(=O)c3cc(F)cnc3Oc3cccc(-c4ccc(CCCN5CCNC[C@H]5C)cc4)c3)CC2)nn1C. The summed E-state index contributed by atoms with van der Waals surface area (Å²) in [6.45, 7) is 8.51. The van der Waals surface area contributed by atoms with Crippen LogP contribution < -0.4 is 20.7 Å². The Hall–Kier alpha value is -4.61. The molecule has 3 heterocycles. The van der Waals surface area contributed by atoms with Gasteiger partial charge in [-0.2, -0.15) is 5.10 Å². The molecule has 1 aliphatic heterocycles. The molecular weight excluding hydrogens is 621 g/mol. The highest BCUT2D eigenvalue weighted by atomic mass is 19.1. The number of nitrogens with one attached hydrogen (secondary N) is 3. The Kier molecular flexibility index (Phi) is 11.0. The summed E-state index contributed by atoms with van der Waals surface area (Å²) in [4.78, 5) is 32.7. The molecule has 1 saturated heterocycles. The van der Waals surface area contributed by atoms with Crippen LogP contribution >= 0.6 is 0 Å². The number of rotatable bonds is 11. The summed E-state index contributed by atoms with van der Waals surface area (Å²) in [6, 6.07) is 19.6. The van der Waals surface area contributed by atoms with Crippen molar-refractivity contribution < 1.29 is 18.7 Å². The summed E-state index contributed by atoms with van der Waals surface area (Å²) in [5.74, 6) is -0.728. The van der Waals surface area contributed by atoms with Gasteiger partial charge < -0.3 is 20.7 Å². The van der Waals surface area contributed by atoms with Crippen molar-refractivity contribution in [2.24, 2.45) is 7.05 Å². The second kappa shape index (κ2) is 15.7. The first-order valence-electron chi connectivity index (χ1n) is 17.3. The van der Waals surface area contributed by atoms with Crippen molar-refractivity contribution in [2.75, 3.05) is 26.2 Å². The molecule has 258 valence electrons. The second-order valence-corrected chi connectivity index (χ2v) is 13.3. The lowest BCUT2D eigenvalue weighted by molar-refractivity contribution is 0.0887. The third-order valence-corrected chi connectivity index (χ3v) is 9.69. The van der Waals surface area contributed by atoms with Gasteiger partial charge in [0.15, 0.2) is 0 Å². The highest BCUT2D eigenvalue weighted by Crippen LogP contribution is 2.29. The molecule has 11 heteroatoms. The van der Waals surface area contributed by atoms with Crippen LogP contribution in [0.4, 0.5) is 4.39 Å². The number of carbonyl (C=O) groups is 2. The van der Waals surface area contributed by atoms with Gasteiger partial charge in [0.2, 0.25) is 5.88 Å². The Bertz CT molecular complexity index is 1730. The molecule has 1 saturated carbocycles. The predicted octanol–water partition coefficient (Wildman–Crippen LogP) is 5.42. The van der Waals surface area contributed by atoms with Crippen molar-refractivity contribution in [1.82, 2.24) is 35.6 Å². The number of piperazine rings is 1. The average Bonchev–Trinajstić information content (AvgIpc) is 3.45. The number of hydrogen-bond donors (Lipinski definition) is 3. The van der Waals surface area contributed by atoms with Crippen LogP contribution in [-0.4, -0.2) is 75.8 Å². The fraction of sp³-hybridized carbons (Fsp3) is 0.421. The maximum Gasteiger partial charge on any atom is 0.272 e. The van der Waals surface area contributed by atoms with Crippen LogP contribution in [0.2, 0.25) is 0 Å². The van der Waals surface area contributed by atoms with E-state index in [2.05, 4.69) is 62.1 Å². The van der Waals surface area contributed by atoms with E-state index in [0.717, 1.165) is 68.1 Å². The van der Waals surface area contributed by atoms with Gasteiger partial charge in [-0.1, -0.05) is 36.4 Å². The van der Waals surface area contributed by atoms with E-state index in [0.29, 0.717) is 43.2 Å². The first kappa shape index (κ1) is 34.3. The summed E-state index contributed by atoms with van der Waals surface area (Å²) in [5, 5.41) is 13.8. The van der Waals surface area contributed by atoms with E-state index < -0.39 is 11.7 Å². The van der Waals surface area contributed by atoms with Crippen molar-refractivity contribution in [3.63, 3.8) is 0 Å². The first-order chi connectivity index (χ1) is 23.7. The quantitative estimate of drug-likeness (QED) is 0.196. The van der Waals surface area contributed by atoms with Crippen molar-refractivity contribution in [3.8, 4) is 22.8 Å². The Morgan fingerprint density at radius 3 is 2.41 bits per heavy atom. The van der Waals surface area contributed by atoms with Gasteiger partial charge in [0.05, 0.1) is 6.20 Å². The van der Waals surface area contributed by atoms with Crippen LogP contribution in [0.3, 0.4) is 0 Å². The molecule has 10 nitrogen and oxygen atoms in total. The minimum atomic E-state index is -0.620. The Morgan fingerprint density at radius 1 is 0.980 bits per heavy atom. The van der Waals surface area contributed by atoms with Crippen LogP contribution in [0.15, 0.2) is 66.9 Å². The van der Waals surface area contributed by atoms with E-state index in [1.165, 1.54) is 5.56 Å². The summed E-state index contributed by atoms with van der Waals surface area (Å²) < 4.78 is 22.1. The number of nitrogens with zero attached hydrogens (tertiary/aromatic N) is 4. The molecule has 0 radical (unpaired) electrons. The highest BCUT2D eigenvalue weighted by Gasteiger charge is 2.26. The summed E-state index contributed by atoms with van der Waals surface area (Å²) in [6.07, 6.45) is 5.96. The van der Waals surface area contributed by atoms with Crippen LogP contribution in [-0.2, 0) is 13.5 Å². The topological polar surface area (TPSA) is 113 Å². The zero-order valence-electron chi connectivity index (χ0n) is 28.5. The number of aromatic nitrogens is 3. The van der Waals surface area contributed by atoms with Crippen molar-refractivity contribution in [2.45, 2.75) is 70.5 Å². The second-order valence-electron chi connectivity index (χ2n) is 13.3. The minimum Gasteiger partial charge on any atom is -0.438 e. The maximum atomic E-state index is 14.3. The number of benzene rings is 2. The largest absolute Gasteiger partial charge is 0.438 e. The first-order valence-corrected chi connectivity index (χ1v) is 17.3. The van der Waals surface area contributed by atoms with E-state index in [4.69, 9.17) is 4.74 Å². The fourth-order valence-electron chi connectivity index (χ4n) is 6.66. The van der Waals surface area contributed by atoms with E-state index in [-0.39, 0.29) is 29.4 Å². The predicted molar refractivity (Wildman–Crippen MR) is 187 cm³/mol. The van der Waals surface area contributed by atoms with Gasteiger partial charge in [0.1, 0.15) is 22.8 Å². The molecule has 0 bridgehead atoms. The van der Waals surface area contributed by atoms with Gasteiger partial charge in [0, 0.05) is 50.5 Å². The molecule has 0 spiro atoms. The molecule has 49 heavy (non-hydrogen) atoms. The summed E-state index contributed by atoms with van der Waals surface area (Å²) in [7, 11) is 1.80. The van der Waals surface area contributed by atoms with Gasteiger partial charge in [-0.15, -0.1) is 0 Å². The maximum absolute atomic E-state index is 14.3.